The summed E-state index contributed by atoms with van der Waals surface area (Å²) in [6.07, 6.45) is 0. The zero-order valence-electron chi connectivity index (χ0n) is 11.6. The predicted molar refractivity (Wildman–Crippen MR) is 79.7 cm³/mol. The van der Waals surface area contributed by atoms with E-state index < -0.39 is 0 Å². The summed E-state index contributed by atoms with van der Waals surface area (Å²) in [4.78, 5) is 14.4. The van der Waals surface area contributed by atoms with Crippen LogP contribution in [-0.4, -0.2) is 30.3 Å². The molecule has 0 saturated carbocycles. The third kappa shape index (κ3) is 3.72. The molecule has 102 valence electrons. The van der Waals surface area contributed by atoms with Gasteiger partial charge in [-0.05, 0) is 44.1 Å². The number of benzene rings is 1. The molecule has 18 heavy (non-hydrogen) atoms. The molecule has 0 aliphatic rings. The van der Waals surface area contributed by atoms with Crippen molar-refractivity contribution in [1.82, 2.24) is 4.90 Å². The summed E-state index contributed by atoms with van der Waals surface area (Å²) in [6.45, 7) is 10.3. The first kappa shape index (κ1) is 16.9. The Kier molecular flexibility index (Phi) is 6.96. The Hall–Kier alpha value is -1.06. The number of hydrogen-bond donors (Lipinski definition) is 1. The van der Waals surface area contributed by atoms with E-state index in [-0.39, 0.29) is 18.2 Å². The zero-order valence-corrected chi connectivity index (χ0v) is 12.4. The second-order valence-corrected chi connectivity index (χ2v) is 4.36. The minimum Gasteiger partial charge on any atom is -0.398 e. The summed E-state index contributed by atoms with van der Waals surface area (Å²) in [5.41, 5.74) is 9.25. The van der Waals surface area contributed by atoms with Gasteiger partial charge < -0.3 is 5.73 Å². The molecule has 0 amide bonds. The van der Waals surface area contributed by atoms with E-state index in [9.17, 15) is 4.79 Å². The SMILES string of the molecule is CCN(CC)CC(=O)c1c(C)ccc(N)c1C.Cl. The van der Waals surface area contributed by atoms with Crippen LogP contribution in [0.3, 0.4) is 0 Å². The molecule has 1 aromatic rings. The summed E-state index contributed by atoms with van der Waals surface area (Å²) < 4.78 is 0. The number of nitrogen functional groups attached to an aromatic ring is 1. The molecule has 2 N–H and O–H groups in total. The maximum atomic E-state index is 12.3. The minimum absolute atomic E-state index is 0. The molecule has 0 fully saturated rings. The molecular weight excluding hydrogens is 248 g/mol. The van der Waals surface area contributed by atoms with Crippen molar-refractivity contribution in [2.75, 3.05) is 25.4 Å². The minimum atomic E-state index is 0. The van der Waals surface area contributed by atoms with Crippen LogP contribution in [0.2, 0.25) is 0 Å². The van der Waals surface area contributed by atoms with Gasteiger partial charge in [0.15, 0.2) is 5.78 Å². The first-order valence-electron chi connectivity index (χ1n) is 6.12. The summed E-state index contributed by atoms with van der Waals surface area (Å²) >= 11 is 0. The zero-order chi connectivity index (χ0) is 13.0. The highest BCUT2D eigenvalue weighted by atomic mass is 35.5. The smallest absolute Gasteiger partial charge is 0.177 e. The number of halogens is 1. The summed E-state index contributed by atoms with van der Waals surface area (Å²) in [6, 6.07) is 3.77. The average molecular weight is 271 g/mol. The number of hydrogen-bond acceptors (Lipinski definition) is 3. The van der Waals surface area contributed by atoms with Crippen LogP contribution in [0, 0.1) is 13.8 Å². The fraction of sp³-hybridized carbons (Fsp3) is 0.500. The Morgan fingerprint density at radius 2 is 1.78 bits per heavy atom. The maximum absolute atomic E-state index is 12.3. The topological polar surface area (TPSA) is 46.3 Å². The molecule has 0 bridgehead atoms. The number of rotatable bonds is 5. The third-order valence-corrected chi connectivity index (χ3v) is 3.26. The van der Waals surface area contributed by atoms with E-state index in [0.29, 0.717) is 12.2 Å². The summed E-state index contributed by atoms with van der Waals surface area (Å²) in [7, 11) is 0. The second kappa shape index (κ2) is 7.39. The van der Waals surface area contributed by atoms with Crippen LogP contribution in [0.25, 0.3) is 0 Å². The normalized spacial score (nSPS) is 10.3. The molecule has 0 heterocycles. The van der Waals surface area contributed by atoms with E-state index in [0.717, 1.165) is 29.8 Å². The molecule has 0 radical (unpaired) electrons. The Bertz CT molecular complexity index is 415. The molecule has 0 spiro atoms. The first-order valence-corrected chi connectivity index (χ1v) is 6.12. The van der Waals surface area contributed by atoms with Crippen LogP contribution in [0.4, 0.5) is 5.69 Å². The Labute approximate surface area is 116 Å². The van der Waals surface area contributed by atoms with Gasteiger partial charge in [0.2, 0.25) is 0 Å². The maximum Gasteiger partial charge on any atom is 0.177 e. The van der Waals surface area contributed by atoms with Crippen molar-refractivity contribution in [2.24, 2.45) is 0 Å². The summed E-state index contributed by atoms with van der Waals surface area (Å²) in [5, 5.41) is 0. The number of carbonyl (C=O) groups is 1. The van der Waals surface area contributed by atoms with Gasteiger partial charge in [-0.15, -0.1) is 12.4 Å². The molecule has 0 saturated heterocycles. The molecular formula is C14H23ClN2O. The van der Waals surface area contributed by atoms with Gasteiger partial charge in [-0.1, -0.05) is 19.9 Å². The molecule has 0 unspecified atom stereocenters. The lowest BCUT2D eigenvalue weighted by atomic mass is 9.97. The average Bonchev–Trinajstić information content (AvgIpc) is 2.31. The van der Waals surface area contributed by atoms with E-state index in [4.69, 9.17) is 5.73 Å². The predicted octanol–water partition coefficient (Wildman–Crippen LogP) is 2.83. The van der Waals surface area contributed by atoms with Crippen molar-refractivity contribution in [3.63, 3.8) is 0 Å². The quantitative estimate of drug-likeness (QED) is 0.661. The van der Waals surface area contributed by atoms with Crippen LogP contribution in [0.5, 0.6) is 0 Å². The number of ketones is 1. The molecule has 4 heteroatoms. The Balaban J connectivity index is 0.00000289. The molecule has 0 atom stereocenters. The number of carbonyl (C=O) groups excluding carboxylic acids is 1. The molecule has 1 aromatic carbocycles. The monoisotopic (exact) mass is 270 g/mol. The van der Waals surface area contributed by atoms with Gasteiger partial charge in [-0.2, -0.15) is 0 Å². The van der Waals surface area contributed by atoms with E-state index in [1.54, 1.807) is 0 Å². The Morgan fingerprint density at radius 3 is 2.28 bits per heavy atom. The van der Waals surface area contributed by atoms with Crippen molar-refractivity contribution in [2.45, 2.75) is 27.7 Å². The van der Waals surface area contributed by atoms with E-state index >= 15 is 0 Å². The Morgan fingerprint density at radius 1 is 1.22 bits per heavy atom. The number of aryl methyl sites for hydroxylation is 1. The highest BCUT2D eigenvalue weighted by Crippen LogP contribution is 2.20. The van der Waals surface area contributed by atoms with E-state index in [2.05, 4.69) is 18.7 Å². The number of Topliss-reactive ketones (excluding diaryl/α,β-unsaturated/α-hetero) is 1. The van der Waals surface area contributed by atoms with Crippen LogP contribution < -0.4 is 5.73 Å². The van der Waals surface area contributed by atoms with Gasteiger partial charge >= 0.3 is 0 Å². The molecule has 3 nitrogen and oxygen atoms in total. The van der Waals surface area contributed by atoms with Crippen molar-refractivity contribution in [3.05, 3.63) is 28.8 Å². The number of likely N-dealkylation sites (N-methyl/N-ethyl adjacent to an activating group) is 1. The fourth-order valence-electron chi connectivity index (χ4n) is 2.02. The van der Waals surface area contributed by atoms with Gasteiger partial charge in [0.1, 0.15) is 0 Å². The molecule has 0 aromatic heterocycles. The lowest BCUT2D eigenvalue weighted by Gasteiger charge is -2.19. The lowest BCUT2D eigenvalue weighted by Crippen LogP contribution is -2.30. The van der Waals surface area contributed by atoms with Crippen LogP contribution in [0.1, 0.15) is 35.3 Å². The summed E-state index contributed by atoms with van der Waals surface area (Å²) in [5.74, 6) is 0.163. The number of nitrogens with two attached hydrogens (primary N) is 1. The van der Waals surface area contributed by atoms with Crippen LogP contribution >= 0.6 is 12.4 Å². The third-order valence-electron chi connectivity index (χ3n) is 3.26. The van der Waals surface area contributed by atoms with Gasteiger partial charge in [0, 0.05) is 11.3 Å². The second-order valence-electron chi connectivity index (χ2n) is 4.36. The highest BCUT2D eigenvalue weighted by molar-refractivity contribution is 6.01. The number of nitrogens with zero attached hydrogens (tertiary/aromatic N) is 1. The first-order chi connectivity index (χ1) is 8.01. The van der Waals surface area contributed by atoms with Gasteiger partial charge in [-0.3, -0.25) is 9.69 Å². The van der Waals surface area contributed by atoms with Crippen molar-refractivity contribution < 1.29 is 4.79 Å². The standard InChI is InChI=1S/C14H22N2O.ClH/c1-5-16(6-2)9-13(17)14-10(3)7-8-12(15)11(14)4;/h7-8H,5-6,9,15H2,1-4H3;1H. The molecule has 0 aliphatic carbocycles. The van der Waals surface area contributed by atoms with Gasteiger partial charge in [-0.25, -0.2) is 0 Å². The largest absolute Gasteiger partial charge is 0.398 e. The van der Waals surface area contributed by atoms with Crippen LogP contribution in [0.15, 0.2) is 12.1 Å². The lowest BCUT2D eigenvalue weighted by molar-refractivity contribution is 0.0936. The van der Waals surface area contributed by atoms with Gasteiger partial charge in [0.05, 0.1) is 6.54 Å². The van der Waals surface area contributed by atoms with Crippen molar-refractivity contribution >= 4 is 23.9 Å². The van der Waals surface area contributed by atoms with Crippen LogP contribution in [-0.2, 0) is 0 Å². The van der Waals surface area contributed by atoms with E-state index in [1.807, 2.05) is 26.0 Å². The molecule has 0 aliphatic heterocycles. The molecule has 1 rings (SSSR count). The highest BCUT2D eigenvalue weighted by Gasteiger charge is 2.15. The van der Waals surface area contributed by atoms with Gasteiger partial charge in [0.25, 0.3) is 0 Å². The fourth-order valence-corrected chi connectivity index (χ4v) is 2.02. The number of anilines is 1. The van der Waals surface area contributed by atoms with Crippen molar-refractivity contribution in [3.8, 4) is 0 Å². The van der Waals surface area contributed by atoms with Crippen molar-refractivity contribution in [1.29, 1.82) is 0 Å². The van der Waals surface area contributed by atoms with E-state index in [1.165, 1.54) is 0 Å².